The van der Waals surface area contributed by atoms with E-state index >= 15 is 0 Å². The summed E-state index contributed by atoms with van der Waals surface area (Å²) < 4.78 is 30.5. The molecule has 2 aromatic rings. The van der Waals surface area contributed by atoms with Crippen molar-refractivity contribution in [3.05, 3.63) is 57.3 Å². The number of aromatic amines is 1. The molecule has 1 saturated heterocycles. The highest BCUT2D eigenvalue weighted by Gasteiger charge is 2.31. The number of benzene rings is 1. The Bertz CT molecular complexity index is 1070. The zero-order chi connectivity index (χ0) is 20.6. The molecule has 156 valence electrons. The smallest absolute Gasteiger partial charge is 0.254 e. The first kappa shape index (κ1) is 20.1. The van der Waals surface area contributed by atoms with Gasteiger partial charge < -0.3 is 9.72 Å². The van der Waals surface area contributed by atoms with Gasteiger partial charge in [0.15, 0.2) is 0 Å². The molecule has 9 heteroatoms. The Morgan fingerprint density at radius 1 is 1.31 bits per heavy atom. The highest BCUT2D eigenvalue weighted by molar-refractivity contribution is 7.88. The van der Waals surface area contributed by atoms with Crippen molar-refractivity contribution in [3.63, 3.8) is 0 Å². The highest BCUT2D eigenvalue weighted by Crippen LogP contribution is 2.32. The summed E-state index contributed by atoms with van der Waals surface area (Å²) in [6.07, 6.45) is 3.51. The van der Waals surface area contributed by atoms with Crippen LogP contribution in [0.25, 0.3) is 0 Å². The SMILES string of the molecule is COc1cccc(CN2CCC[C@H]2c2nc3c(c(=O)[nH]2)CCN(S(C)(=O)=O)C3)c1. The third-order valence-corrected chi connectivity index (χ3v) is 6.97. The van der Waals surface area contributed by atoms with Crippen molar-refractivity contribution in [2.75, 3.05) is 26.5 Å². The Hall–Kier alpha value is -2.23. The predicted molar refractivity (Wildman–Crippen MR) is 109 cm³/mol. The number of H-pyrrole nitrogens is 1. The number of sulfonamides is 1. The summed E-state index contributed by atoms with van der Waals surface area (Å²) in [4.78, 5) is 22.6. The monoisotopic (exact) mass is 418 g/mol. The predicted octanol–water partition coefficient (Wildman–Crippen LogP) is 1.43. The number of nitrogens with one attached hydrogen (secondary N) is 1. The zero-order valence-corrected chi connectivity index (χ0v) is 17.5. The van der Waals surface area contributed by atoms with E-state index in [-0.39, 0.29) is 18.1 Å². The van der Waals surface area contributed by atoms with Crippen molar-refractivity contribution >= 4 is 10.0 Å². The largest absolute Gasteiger partial charge is 0.497 e. The molecule has 0 saturated carbocycles. The third-order valence-electron chi connectivity index (χ3n) is 5.72. The Kier molecular flexibility index (Phi) is 5.46. The van der Waals surface area contributed by atoms with E-state index < -0.39 is 10.0 Å². The molecular weight excluding hydrogens is 392 g/mol. The van der Waals surface area contributed by atoms with Crippen LogP contribution in [0.4, 0.5) is 0 Å². The van der Waals surface area contributed by atoms with Crippen molar-refractivity contribution in [2.45, 2.75) is 38.4 Å². The molecule has 3 heterocycles. The number of methoxy groups -OCH3 is 1. The average molecular weight is 419 g/mol. The van der Waals surface area contributed by atoms with Crippen molar-refractivity contribution in [1.82, 2.24) is 19.2 Å². The molecule has 1 aromatic heterocycles. The standard InChI is InChI=1S/C20H26N4O4S/c1-28-15-6-3-5-14(11-15)12-23-9-4-7-18(23)19-21-17-13-24(29(2,26)27)10-8-16(17)20(25)22-19/h3,5-6,11,18H,4,7-10,12-13H2,1-2H3,(H,21,22,25)/t18-/m0/s1. The number of aromatic nitrogens is 2. The lowest BCUT2D eigenvalue weighted by Gasteiger charge is -2.28. The minimum atomic E-state index is -3.31. The van der Waals surface area contributed by atoms with Crippen molar-refractivity contribution in [1.29, 1.82) is 0 Å². The molecule has 0 aliphatic carbocycles. The van der Waals surface area contributed by atoms with Crippen LogP contribution in [0.3, 0.4) is 0 Å². The number of fused-ring (bicyclic) bond motifs is 1. The maximum Gasteiger partial charge on any atom is 0.254 e. The first-order valence-corrected chi connectivity index (χ1v) is 11.6. The van der Waals surface area contributed by atoms with Crippen LogP contribution in [0.1, 0.15) is 41.5 Å². The molecule has 1 fully saturated rings. The Morgan fingerprint density at radius 3 is 2.90 bits per heavy atom. The van der Waals surface area contributed by atoms with Gasteiger partial charge in [0.2, 0.25) is 10.0 Å². The van der Waals surface area contributed by atoms with E-state index in [2.05, 4.69) is 16.0 Å². The molecule has 2 aliphatic rings. The molecule has 1 N–H and O–H groups in total. The average Bonchev–Trinajstić information content (AvgIpc) is 3.15. The van der Waals surface area contributed by atoms with E-state index in [4.69, 9.17) is 9.72 Å². The number of rotatable bonds is 5. The number of likely N-dealkylation sites (tertiary alicyclic amines) is 1. The fourth-order valence-corrected chi connectivity index (χ4v) is 4.99. The minimum Gasteiger partial charge on any atom is -0.497 e. The summed E-state index contributed by atoms with van der Waals surface area (Å²) >= 11 is 0. The topological polar surface area (TPSA) is 95.6 Å². The maximum absolute atomic E-state index is 12.6. The molecule has 4 rings (SSSR count). The molecule has 1 atom stereocenters. The second-order valence-electron chi connectivity index (χ2n) is 7.70. The highest BCUT2D eigenvalue weighted by atomic mass is 32.2. The molecule has 0 spiro atoms. The molecular formula is C20H26N4O4S. The lowest BCUT2D eigenvalue weighted by atomic mass is 10.1. The van der Waals surface area contributed by atoms with Crippen molar-refractivity contribution in [2.24, 2.45) is 0 Å². The van der Waals surface area contributed by atoms with Gasteiger partial charge in [0.1, 0.15) is 11.6 Å². The van der Waals surface area contributed by atoms with Crippen LogP contribution >= 0.6 is 0 Å². The summed E-state index contributed by atoms with van der Waals surface area (Å²) in [5.41, 5.74) is 2.17. The van der Waals surface area contributed by atoms with Crippen LogP contribution in [0.5, 0.6) is 5.75 Å². The Morgan fingerprint density at radius 2 is 2.14 bits per heavy atom. The van der Waals surface area contributed by atoms with Crippen molar-refractivity contribution < 1.29 is 13.2 Å². The van der Waals surface area contributed by atoms with Gasteiger partial charge in [-0.25, -0.2) is 13.4 Å². The van der Waals surface area contributed by atoms with Gasteiger partial charge in [-0.1, -0.05) is 12.1 Å². The van der Waals surface area contributed by atoms with Gasteiger partial charge in [0, 0.05) is 18.7 Å². The molecule has 2 aliphatic heterocycles. The van der Waals surface area contributed by atoms with Crippen LogP contribution in [-0.2, 0) is 29.5 Å². The molecule has 0 bridgehead atoms. The van der Waals surface area contributed by atoms with E-state index in [1.807, 2.05) is 18.2 Å². The Balaban J connectivity index is 1.60. The summed E-state index contributed by atoms with van der Waals surface area (Å²) in [6, 6.07) is 7.97. The zero-order valence-electron chi connectivity index (χ0n) is 16.7. The summed E-state index contributed by atoms with van der Waals surface area (Å²) in [5, 5.41) is 0. The van der Waals surface area contributed by atoms with Gasteiger partial charge in [-0.15, -0.1) is 0 Å². The second-order valence-corrected chi connectivity index (χ2v) is 9.69. The van der Waals surface area contributed by atoms with Gasteiger partial charge in [-0.2, -0.15) is 4.31 Å². The molecule has 1 aromatic carbocycles. The van der Waals surface area contributed by atoms with Crippen molar-refractivity contribution in [3.8, 4) is 5.75 Å². The number of hydrogen-bond acceptors (Lipinski definition) is 6. The normalized spacial score (nSPS) is 20.6. The summed E-state index contributed by atoms with van der Waals surface area (Å²) in [5.74, 6) is 1.45. The first-order valence-electron chi connectivity index (χ1n) is 9.79. The maximum atomic E-state index is 12.6. The second kappa shape index (κ2) is 7.89. The first-order chi connectivity index (χ1) is 13.8. The summed E-state index contributed by atoms with van der Waals surface area (Å²) in [6.45, 7) is 2.13. The van der Waals surface area contributed by atoms with Crippen LogP contribution in [0.15, 0.2) is 29.1 Å². The lowest BCUT2D eigenvalue weighted by Crippen LogP contribution is -2.39. The number of hydrogen-bond donors (Lipinski definition) is 1. The van der Waals surface area contributed by atoms with Crippen LogP contribution in [-0.4, -0.2) is 54.0 Å². The molecule has 29 heavy (non-hydrogen) atoms. The Labute approximate surface area is 170 Å². The quantitative estimate of drug-likeness (QED) is 0.789. The van der Waals surface area contributed by atoms with E-state index in [0.29, 0.717) is 30.0 Å². The van der Waals surface area contributed by atoms with E-state index in [0.717, 1.165) is 37.2 Å². The van der Waals surface area contributed by atoms with Gasteiger partial charge in [0.25, 0.3) is 5.56 Å². The van der Waals surface area contributed by atoms with E-state index in [1.54, 1.807) is 7.11 Å². The minimum absolute atomic E-state index is 0.00723. The number of nitrogens with zero attached hydrogens (tertiary/aromatic N) is 3. The molecule has 0 unspecified atom stereocenters. The fourth-order valence-electron chi connectivity index (χ4n) is 4.21. The van der Waals surface area contributed by atoms with Crippen LogP contribution < -0.4 is 10.3 Å². The van der Waals surface area contributed by atoms with Gasteiger partial charge in [0.05, 0.1) is 31.6 Å². The number of ether oxygens (including phenoxy) is 1. The lowest BCUT2D eigenvalue weighted by molar-refractivity contribution is 0.238. The van der Waals surface area contributed by atoms with Gasteiger partial charge in [-0.05, 0) is 43.5 Å². The van der Waals surface area contributed by atoms with Crippen LogP contribution in [0, 0.1) is 0 Å². The van der Waals surface area contributed by atoms with E-state index in [9.17, 15) is 13.2 Å². The fraction of sp³-hybridized carbons (Fsp3) is 0.500. The third kappa shape index (κ3) is 4.22. The van der Waals surface area contributed by atoms with E-state index in [1.165, 1.54) is 10.6 Å². The van der Waals surface area contributed by atoms with Gasteiger partial charge >= 0.3 is 0 Å². The van der Waals surface area contributed by atoms with Crippen LogP contribution in [0.2, 0.25) is 0 Å². The van der Waals surface area contributed by atoms with Gasteiger partial charge in [-0.3, -0.25) is 9.69 Å². The molecule has 0 amide bonds. The molecule has 0 radical (unpaired) electrons. The summed E-state index contributed by atoms with van der Waals surface area (Å²) in [7, 11) is -1.66. The molecule has 8 nitrogen and oxygen atoms in total.